The van der Waals surface area contributed by atoms with Gasteiger partial charge in [0.25, 0.3) is 0 Å². The second-order valence-corrected chi connectivity index (χ2v) is 10.4. The van der Waals surface area contributed by atoms with Crippen LogP contribution in [0.5, 0.6) is 0 Å². The Morgan fingerprint density at radius 3 is 2.58 bits per heavy atom. The Morgan fingerprint density at radius 1 is 1.00 bits per heavy atom. The smallest absolute Gasteiger partial charge is 0.155 e. The van der Waals surface area contributed by atoms with Crippen molar-refractivity contribution in [2.75, 3.05) is 0 Å². The van der Waals surface area contributed by atoms with E-state index in [-0.39, 0.29) is 16.7 Å². The minimum atomic E-state index is 0.211. The molecule has 144 valence electrons. The third kappa shape index (κ3) is 2.83. The molecule has 0 saturated heterocycles. The summed E-state index contributed by atoms with van der Waals surface area (Å²) in [4.78, 5) is 24.4. The number of allylic oxidation sites excluding steroid dienone is 2. The third-order valence-electron chi connectivity index (χ3n) is 9.28. The van der Waals surface area contributed by atoms with Crippen LogP contribution in [0.2, 0.25) is 0 Å². The molecule has 0 aromatic carbocycles. The maximum Gasteiger partial charge on any atom is 0.155 e. The lowest BCUT2D eigenvalue weighted by Crippen LogP contribution is -2.42. The summed E-state index contributed by atoms with van der Waals surface area (Å²) in [6, 6.07) is 0. The molecule has 0 aromatic rings. The van der Waals surface area contributed by atoms with Gasteiger partial charge in [0.15, 0.2) is 5.78 Å². The van der Waals surface area contributed by atoms with Crippen LogP contribution in [0.25, 0.3) is 0 Å². The average Bonchev–Trinajstić information content (AvgIpc) is 2.93. The number of carbonyl (C=O) groups is 2. The molecule has 0 N–H and O–H groups in total. The van der Waals surface area contributed by atoms with Crippen molar-refractivity contribution in [2.24, 2.45) is 34.5 Å². The van der Waals surface area contributed by atoms with E-state index in [1.54, 1.807) is 0 Å². The predicted octanol–water partition coefficient (Wildman–Crippen LogP) is 5.89. The topological polar surface area (TPSA) is 34.1 Å². The number of fused-ring (bicyclic) bond motifs is 4. The van der Waals surface area contributed by atoms with Crippen LogP contribution in [-0.4, -0.2) is 11.6 Å². The molecule has 0 spiro atoms. The molecule has 2 heteroatoms. The highest BCUT2D eigenvalue weighted by atomic mass is 16.1. The van der Waals surface area contributed by atoms with Crippen LogP contribution < -0.4 is 0 Å². The first kappa shape index (κ1) is 18.4. The summed E-state index contributed by atoms with van der Waals surface area (Å²) in [7, 11) is 0. The first-order chi connectivity index (χ1) is 12.3. The Bertz CT molecular complexity index is 632. The molecule has 2 nitrogen and oxygen atoms in total. The van der Waals surface area contributed by atoms with Gasteiger partial charge < -0.3 is 0 Å². The van der Waals surface area contributed by atoms with E-state index < -0.39 is 0 Å². The summed E-state index contributed by atoms with van der Waals surface area (Å²) in [6.45, 7) is 6.71. The number of ketones is 2. The van der Waals surface area contributed by atoms with Crippen molar-refractivity contribution < 1.29 is 9.59 Å². The molecule has 0 heterocycles. The van der Waals surface area contributed by atoms with Gasteiger partial charge in [0.05, 0.1) is 0 Å². The minimum absolute atomic E-state index is 0.211. The van der Waals surface area contributed by atoms with Crippen molar-refractivity contribution in [2.45, 2.75) is 91.4 Å². The molecule has 0 radical (unpaired) electrons. The second-order valence-electron chi connectivity index (χ2n) is 10.4. The summed E-state index contributed by atoms with van der Waals surface area (Å²) in [5.41, 5.74) is 1.89. The summed E-state index contributed by atoms with van der Waals surface area (Å²) in [6.07, 6.45) is 15.0. The Kier molecular flexibility index (Phi) is 4.68. The molecule has 26 heavy (non-hydrogen) atoms. The number of hydrogen-bond acceptors (Lipinski definition) is 2. The second kappa shape index (κ2) is 6.60. The van der Waals surface area contributed by atoms with Crippen molar-refractivity contribution in [3.63, 3.8) is 0 Å². The fourth-order valence-corrected chi connectivity index (χ4v) is 7.64. The summed E-state index contributed by atoms with van der Waals surface area (Å²) in [5, 5.41) is 0. The van der Waals surface area contributed by atoms with Crippen molar-refractivity contribution in [3.05, 3.63) is 11.6 Å². The zero-order valence-corrected chi connectivity index (χ0v) is 17.0. The first-order valence-corrected chi connectivity index (χ1v) is 11.1. The molecule has 3 saturated carbocycles. The highest BCUT2D eigenvalue weighted by molar-refractivity contribution is 5.91. The highest BCUT2D eigenvalue weighted by Crippen LogP contribution is 2.60. The molecule has 6 atom stereocenters. The average molecular weight is 357 g/mol. The third-order valence-corrected chi connectivity index (χ3v) is 9.28. The maximum atomic E-state index is 12.4. The Hall–Kier alpha value is -0.920. The lowest BCUT2D eigenvalue weighted by Gasteiger charge is -2.50. The zero-order valence-electron chi connectivity index (χ0n) is 17.0. The monoisotopic (exact) mass is 356 g/mol. The van der Waals surface area contributed by atoms with Gasteiger partial charge in [-0.25, -0.2) is 0 Å². The number of Topliss-reactive ketones (excluding diaryl/α,β-unsaturated/α-hetero) is 1. The van der Waals surface area contributed by atoms with E-state index in [1.165, 1.54) is 50.5 Å². The summed E-state index contributed by atoms with van der Waals surface area (Å²) < 4.78 is 0. The van der Waals surface area contributed by atoms with E-state index in [0.717, 1.165) is 37.5 Å². The normalized spacial score (nSPS) is 46.1. The first-order valence-electron chi connectivity index (χ1n) is 11.1. The van der Waals surface area contributed by atoms with Crippen molar-refractivity contribution >= 4 is 11.6 Å². The fraction of sp³-hybridized carbons (Fsp3) is 0.833. The van der Waals surface area contributed by atoms with Crippen molar-refractivity contribution in [1.82, 2.24) is 0 Å². The predicted molar refractivity (Wildman–Crippen MR) is 105 cm³/mol. The van der Waals surface area contributed by atoms with Gasteiger partial charge in [-0.2, -0.15) is 0 Å². The van der Waals surface area contributed by atoms with Gasteiger partial charge in [0.2, 0.25) is 0 Å². The van der Waals surface area contributed by atoms with Gasteiger partial charge in [-0.3, -0.25) is 9.59 Å². The van der Waals surface area contributed by atoms with E-state index in [0.29, 0.717) is 17.5 Å². The van der Waals surface area contributed by atoms with Gasteiger partial charge >= 0.3 is 0 Å². The molecule has 0 aliphatic heterocycles. The minimum Gasteiger partial charge on any atom is -0.300 e. The number of rotatable bonds is 1. The Balaban J connectivity index is 1.64. The van der Waals surface area contributed by atoms with Gasteiger partial charge in [0.1, 0.15) is 5.78 Å². The molecule has 0 amide bonds. The zero-order chi connectivity index (χ0) is 18.5. The Labute approximate surface area is 159 Å². The SMILES string of the molecule is CC(=O)[C@H]1CC[C@H]2CCC[C@H]3CCC4=CC(=O)CCC4(C)[C@H]3CC[C@@]21C. The quantitative estimate of drug-likeness (QED) is 0.586. The molecular weight excluding hydrogens is 320 g/mol. The molecule has 4 rings (SSSR count). The van der Waals surface area contributed by atoms with Gasteiger partial charge in [-0.15, -0.1) is 0 Å². The van der Waals surface area contributed by atoms with Crippen LogP contribution in [-0.2, 0) is 9.59 Å². The lowest BCUT2D eigenvalue weighted by atomic mass is 9.54. The van der Waals surface area contributed by atoms with E-state index in [9.17, 15) is 9.59 Å². The molecule has 4 aliphatic rings. The molecule has 4 aliphatic carbocycles. The molecule has 0 aromatic heterocycles. The van der Waals surface area contributed by atoms with Crippen molar-refractivity contribution in [1.29, 1.82) is 0 Å². The highest BCUT2D eigenvalue weighted by Gasteiger charge is 2.52. The maximum absolute atomic E-state index is 12.4. The van der Waals surface area contributed by atoms with Crippen LogP contribution in [0.3, 0.4) is 0 Å². The van der Waals surface area contributed by atoms with Crippen LogP contribution in [0.4, 0.5) is 0 Å². The van der Waals surface area contributed by atoms with E-state index in [2.05, 4.69) is 13.8 Å². The van der Waals surface area contributed by atoms with Gasteiger partial charge in [-0.1, -0.05) is 32.3 Å². The van der Waals surface area contributed by atoms with Crippen LogP contribution in [0, 0.1) is 34.5 Å². The standard InChI is InChI=1S/C24H36O2/c1-16(25)21-10-9-18-6-4-5-17-7-8-19-15-20(26)11-13-24(19,3)22(17)12-14-23(18,21)2/h15,17-18,21-22H,4-14H2,1-3H3/t17-,18+,21+,22-,23-,24?/m0/s1. The molecule has 1 unspecified atom stereocenters. The summed E-state index contributed by atoms with van der Waals surface area (Å²) >= 11 is 0. The van der Waals surface area contributed by atoms with E-state index in [1.807, 2.05) is 13.0 Å². The molecule has 3 fully saturated rings. The fourth-order valence-electron chi connectivity index (χ4n) is 7.64. The molecule has 0 bridgehead atoms. The lowest BCUT2D eigenvalue weighted by molar-refractivity contribution is -0.124. The number of hydrogen-bond donors (Lipinski definition) is 0. The van der Waals surface area contributed by atoms with Crippen molar-refractivity contribution in [3.8, 4) is 0 Å². The van der Waals surface area contributed by atoms with E-state index in [4.69, 9.17) is 0 Å². The van der Waals surface area contributed by atoms with Crippen LogP contribution in [0.15, 0.2) is 11.6 Å². The largest absolute Gasteiger partial charge is 0.300 e. The number of carbonyl (C=O) groups excluding carboxylic acids is 2. The Morgan fingerprint density at radius 2 is 1.81 bits per heavy atom. The summed E-state index contributed by atoms with van der Waals surface area (Å²) in [5.74, 6) is 3.32. The van der Waals surface area contributed by atoms with Crippen LogP contribution in [0.1, 0.15) is 91.4 Å². The van der Waals surface area contributed by atoms with Crippen LogP contribution >= 0.6 is 0 Å². The van der Waals surface area contributed by atoms with Gasteiger partial charge in [-0.05, 0) is 93.0 Å². The molecular formula is C24H36O2. The van der Waals surface area contributed by atoms with Gasteiger partial charge in [0, 0.05) is 12.3 Å². The van der Waals surface area contributed by atoms with E-state index >= 15 is 0 Å².